The Labute approximate surface area is 172 Å². The van der Waals surface area contributed by atoms with Crippen molar-refractivity contribution in [2.45, 2.75) is 40.0 Å². The van der Waals surface area contributed by atoms with Crippen LogP contribution in [0.25, 0.3) is 0 Å². The third kappa shape index (κ3) is 5.63. The number of amides is 1. The third-order valence-electron chi connectivity index (χ3n) is 4.84. The van der Waals surface area contributed by atoms with Crippen LogP contribution in [0, 0.1) is 11.8 Å². The molecule has 0 bridgehead atoms. The lowest BCUT2D eigenvalue weighted by Crippen LogP contribution is -2.30. The summed E-state index contributed by atoms with van der Waals surface area (Å²) in [5, 5.41) is 14.3. The summed E-state index contributed by atoms with van der Waals surface area (Å²) in [7, 11) is 4.25. The number of ether oxygens (including phenoxy) is 1. The van der Waals surface area contributed by atoms with E-state index in [1.165, 1.54) is 14.2 Å². The monoisotopic (exact) mass is 402 g/mol. The molecule has 0 N–H and O–H groups in total. The molecule has 1 saturated carbocycles. The predicted molar refractivity (Wildman–Crippen MR) is 115 cm³/mol. The largest absolute Gasteiger partial charge is 0.451 e. The number of benzene rings is 1. The molecular weight excluding hydrogens is 372 g/mol. The van der Waals surface area contributed by atoms with Gasteiger partial charge in [-0.15, -0.1) is 0 Å². The molecule has 158 valence electrons. The molecule has 2 rings (SSSR count). The predicted octanol–water partition coefficient (Wildman–Crippen LogP) is 4.44. The van der Waals surface area contributed by atoms with Crippen LogP contribution < -0.4 is 5.06 Å². The first-order chi connectivity index (χ1) is 14.0. The summed E-state index contributed by atoms with van der Waals surface area (Å²) in [5.74, 6) is 0.579. The zero-order valence-electron chi connectivity index (χ0n) is 18.0. The Morgan fingerprint density at radius 2 is 1.90 bits per heavy atom. The van der Waals surface area contributed by atoms with Crippen LogP contribution in [0.3, 0.4) is 0 Å². The first-order valence-electron chi connectivity index (χ1n) is 9.73. The lowest BCUT2D eigenvalue weighted by molar-refractivity contribution is 0.115. The summed E-state index contributed by atoms with van der Waals surface area (Å²) >= 11 is 0. The zero-order valence-corrected chi connectivity index (χ0v) is 18.0. The summed E-state index contributed by atoms with van der Waals surface area (Å²) in [6.45, 7) is 6.06. The van der Waals surface area contributed by atoms with Crippen molar-refractivity contribution in [3.63, 3.8) is 0 Å². The number of methoxy groups -OCH3 is 1. The SMILES string of the molecule is CCC(C)C(=N\OC)/C(=N/N=C(\C)c1ccccc1N(OC)C(=O)OC)C1CC1. The number of hydrogen-bond donors (Lipinski definition) is 0. The van der Waals surface area contributed by atoms with Crippen molar-refractivity contribution in [1.82, 2.24) is 0 Å². The summed E-state index contributed by atoms with van der Waals surface area (Å²) in [6, 6.07) is 7.29. The van der Waals surface area contributed by atoms with E-state index in [0.717, 1.165) is 35.7 Å². The number of hydroxylamine groups is 1. The van der Waals surface area contributed by atoms with E-state index >= 15 is 0 Å². The summed E-state index contributed by atoms with van der Waals surface area (Å²) < 4.78 is 4.79. The number of anilines is 1. The van der Waals surface area contributed by atoms with Crippen LogP contribution in [0.1, 0.15) is 45.6 Å². The normalized spacial score (nSPS) is 16.4. The van der Waals surface area contributed by atoms with Gasteiger partial charge in [-0.25, -0.2) is 4.79 Å². The molecule has 1 unspecified atom stereocenters. The molecule has 29 heavy (non-hydrogen) atoms. The molecule has 1 aromatic rings. The van der Waals surface area contributed by atoms with Gasteiger partial charge in [0.25, 0.3) is 0 Å². The summed E-state index contributed by atoms with van der Waals surface area (Å²) in [6.07, 6.45) is 2.45. The van der Waals surface area contributed by atoms with Gasteiger partial charge in [-0.1, -0.05) is 37.2 Å². The van der Waals surface area contributed by atoms with Gasteiger partial charge < -0.3 is 9.57 Å². The number of para-hydroxylation sites is 1. The van der Waals surface area contributed by atoms with Gasteiger partial charge in [0.05, 0.1) is 31.3 Å². The first-order valence-corrected chi connectivity index (χ1v) is 9.73. The minimum Gasteiger partial charge on any atom is -0.451 e. The number of carbonyl (C=O) groups is 1. The van der Waals surface area contributed by atoms with Crippen LogP contribution >= 0.6 is 0 Å². The van der Waals surface area contributed by atoms with Gasteiger partial charge >= 0.3 is 6.09 Å². The van der Waals surface area contributed by atoms with E-state index in [2.05, 4.69) is 29.2 Å². The Morgan fingerprint density at radius 3 is 2.45 bits per heavy atom. The minimum atomic E-state index is -0.624. The molecule has 0 saturated heterocycles. The molecule has 1 aromatic carbocycles. The first kappa shape index (κ1) is 22.5. The van der Waals surface area contributed by atoms with E-state index in [-0.39, 0.29) is 5.92 Å². The average molecular weight is 402 g/mol. The molecule has 8 nitrogen and oxygen atoms in total. The molecule has 1 amide bonds. The maximum absolute atomic E-state index is 12.0. The van der Waals surface area contributed by atoms with Crippen molar-refractivity contribution in [3.8, 4) is 0 Å². The molecule has 1 fully saturated rings. The molecule has 0 aliphatic heterocycles. The van der Waals surface area contributed by atoms with Crippen molar-refractivity contribution >= 4 is 28.9 Å². The van der Waals surface area contributed by atoms with Gasteiger partial charge in [-0.2, -0.15) is 15.3 Å². The van der Waals surface area contributed by atoms with E-state index in [0.29, 0.717) is 22.9 Å². The van der Waals surface area contributed by atoms with E-state index in [4.69, 9.17) is 14.4 Å². The Kier molecular flexibility index (Phi) is 8.33. The van der Waals surface area contributed by atoms with Crippen molar-refractivity contribution in [2.75, 3.05) is 26.4 Å². The smallest absolute Gasteiger partial charge is 0.438 e. The van der Waals surface area contributed by atoms with E-state index in [9.17, 15) is 4.79 Å². The van der Waals surface area contributed by atoms with Crippen LogP contribution in [-0.4, -0.2) is 44.6 Å². The van der Waals surface area contributed by atoms with Crippen LogP contribution in [-0.2, 0) is 14.4 Å². The highest BCUT2D eigenvalue weighted by atomic mass is 16.7. The fraction of sp³-hybridized carbons (Fsp3) is 0.524. The molecule has 0 radical (unpaired) electrons. The van der Waals surface area contributed by atoms with Crippen LogP contribution in [0.5, 0.6) is 0 Å². The highest BCUT2D eigenvalue weighted by molar-refractivity contribution is 6.44. The maximum Gasteiger partial charge on any atom is 0.438 e. The minimum absolute atomic E-state index is 0.223. The lowest BCUT2D eigenvalue weighted by atomic mass is 9.96. The Balaban J connectivity index is 2.44. The topological polar surface area (TPSA) is 85.1 Å². The van der Waals surface area contributed by atoms with Crippen LogP contribution in [0.15, 0.2) is 39.6 Å². The summed E-state index contributed by atoms with van der Waals surface area (Å²) in [5.41, 5.74) is 3.60. The molecule has 1 atom stereocenters. The van der Waals surface area contributed by atoms with E-state index < -0.39 is 6.09 Å². The lowest BCUT2D eigenvalue weighted by Gasteiger charge is -2.20. The number of rotatable bonds is 9. The molecule has 0 aromatic heterocycles. The second kappa shape index (κ2) is 10.7. The maximum atomic E-state index is 12.0. The fourth-order valence-corrected chi connectivity index (χ4v) is 2.87. The highest BCUT2D eigenvalue weighted by Gasteiger charge is 2.33. The number of carbonyl (C=O) groups excluding carboxylic acids is 1. The van der Waals surface area contributed by atoms with Gasteiger partial charge in [0, 0.05) is 17.4 Å². The van der Waals surface area contributed by atoms with Crippen molar-refractivity contribution in [3.05, 3.63) is 29.8 Å². The second-order valence-electron chi connectivity index (χ2n) is 6.88. The van der Waals surface area contributed by atoms with Gasteiger partial charge in [0.1, 0.15) is 12.8 Å². The summed E-state index contributed by atoms with van der Waals surface area (Å²) in [4.78, 5) is 22.3. The number of nitrogens with zero attached hydrogens (tertiary/aromatic N) is 4. The molecule has 0 heterocycles. The molecule has 1 aliphatic carbocycles. The van der Waals surface area contributed by atoms with Crippen LogP contribution in [0.4, 0.5) is 10.5 Å². The zero-order chi connectivity index (χ0) is 21.4. The van der Waals surface area contributed by atoms with E-state index in [1.54, 1.807) is 13.2 Å². The van der Waals surface area contributed by atoms with Crippen molar-refractivity contribution in [2.24, 2.45) is 27.2 Å². The van der Waals surface area contributed by atoms with Crippen molar-refractivity contribution in [1.29, 1.82) is 0 Å². The van der Waals surface area contributed by atoms with Gasteiger partial charge in [-0.05, 0) is 32.3 Å². The highest BCUT2D eigenvalue weighted by Crippen LogP contribution is 2.33. The molecule has 8 heteroatoms. The standard InChI is InChI=1S/C21H30N4O4/c1-7-14(2)19(24-28-5)20(16-12-13-16)23-22-15(3)17-10-8-9-11-18(17)25(29-6)21(26)27-4/h8-11,14,16H,7,12-13H2,1-6H3/b22-15+,23-20+,24-19+. The van der Waals surface area contributed by atoms with Gasteiger partial charge in [0.2, 0.25) is 0 Å². The molecular formula is C21H30N4O4. The van der Waals surface area contributed by atoms with Gasteiger partial charge in [0.15, 0.2) is 0 Å². The number of hydrogen-bond acceptors (Lipinski definition) is 7. The molecule has 1 aliphatic rings. The van der Waals surface area contributed by atoms with Gasteiger partial charge in [-0.3, -0.25) is 4.84 Å². The average Bonchev–Trinajstić information content (AvgIpc) is 3.58. The Morgan fingerprint density at radius 1 is 1.21 bits per heavy atom. The fourth-order valence-electron chi connectivity index (χ4n) is 2.87. The van der Waals surface area contributed by atoms with Crippen molar-refractivity contribution < 1.29 is 19.2 Å². The Hall–Kier alpha value is -2.74. The van der Waals surface area contributed by atoms with E-state index in [1.807, 2.05) is 25.1 Å². The third-order valence-corrected chi connectivity index (χ3v) is 4.84. The number of oxime groups is 1. The molecule has 0 spiro atoms. The van der Waals surface area contributed by atoms with Crippen LogP contribution in [0.2, 0.25) is 0 Å². The second-order valence-corrected chi connectivity index (χ2v) is 6.88. The Bertz CT molecular complexity index is 800. The quantitative estimate of drug-likeness (QED) is 0.451.